The van der Waals surface area contributed by atoms with Crippen molar-refractivity contribution in [2.75, 3.05) is 25.0 Å². The lowest BCUT2D eigenvalue weighted by atomic mass is 10.1. The molecule has 0 saturated carbocycles. The average Bonchev–Trinajstić information content (AvgIpc) is 2.92. The zero-order valence-electron chi connectivity index (χ0n) is 11.8. The largest absolute Gasteiger partial charge is 0.508 e. The first-order chi connectivity index (χ1) is 9.78. The summed E-state index contributed by atoms with van der Waals surface area (Å²) in [5.74, 6) is 1.14. The van der Waals surface area contributed by atoms with E-state index in [1.807, 2.05) is 18.3 Å². The van der Waals surface area contributed by atoms with Gasteiger partial charge in [-0.15, -0.1) is 0 Å². The van der Waals surface area contributed by atoms with Crippen LogP contribution in [0.4, 0.5) is 5.82 Å². The van der Waals surface area contributed by atoms with Crippen LogP contribution in [0.25, 0.3) is 10.8 Å². The van der Waals surface area contributed by atoms with Gasteiger partial charge in [0.15, 0.2) is 0 Å². The van der Waals surface area contributed by atoms with E-state index >= 15 is 0 Å². The Labute approximate surface area is 119 Å². The maximum atomic E-state index is 9.65. The molecule has 1 fully saturated rings. The van der Waals surface area contributed by atoms with Gasteiger partial charge in [0.05, 0.1) is 0 Å². The molecule has 0 amide bonds. The minimum absolute atomic E-state index is 0.282. The Morgan fingerprint density at radius 3 is 3.15 bits per heavy atom. The molecular weight excluding hydrogens is 250 g/mol. The summed E-state index contributed by atoms with van der Waals surface area (Å²) >= 11 is 0. The highest BCUT2D eigenvalue weighted by atomic mass is 16.3. The SMILES string of the molecule is CCN1CCCC1CNc1nccc2ccc(O)cc12. The van der Waals surface area contributed by atoms with Gasteiger partial charge in [0.2, 0.25) is 0 Å². The van der Waals surface area contributed by atoms with Crippen molar-refractivity contribution < 1.29 is 5.11 Å². The van der Waals surface area contributed by atoms with Crippen LogP contribution in [0.5, 0.6) is 5.75 Å². The Balaban J connectivity index is 1.79. The molecule has 2 heterocycles. The second kappa shape index (κ2) is 5.67. The molecule has 0 radical (unpaired) electrons. The maximum absolute atomic E-state index is 9.65. The topological polar surface area (TPSA) is 48.4 Å². The first kappa shape index (κ1) is 13.2. The Kier molecular flexibility index (Phi) is 3.74. The highest BCUT2D eigenvalue weighted by Crippen LogP contribution is 2.25. The number of nitrogens with one attached hydrogen (secondary N) is 1. The van der Waals surface area contributed by atoms with Crippen LogP contribution < -0.4 is 5.32 Å². The van der Waals surface area contributed by atoms with Crippen molar-refractivity contribution in [3.8, 4) is 5.75 Å². The van der Waals surface area contributed by atoms with Crippen LogP contribution in [0.1, 0.15) is 19.8 Å². The number of nitrogens with zero attached hydrogens (tertiary/aromatic N) is 2. The van der Waals surface area contributed by atoms with E-state index in [-0.39, 0.29) is 5.75 Å². The van der Waals surface area contributed by atoms with E-state index in [0.717, 1.165) is 29.7 Å². The van der Waals surface area contributed by atoms with Crippen LogP contribution in [0.3, 0.4) is 0 Å². The number of pyridine rings is 1. The summed E-state index contributed by atoms with van der Waals surface area (Å²) in [5, 5.41) is 15.2. The number of aromatic nitrogens is 1. The Bertz CT molecular complexity index is 599. The van der Waals surface area contributed by atoms with E-state index in [4.69, 9.17) is 0 Å². The summed E-state index contributed by atoms with van der Waals surface area (Å²) in [6.45, 7) is 5.44. The molecule has 106 valence electrons. The molecule has 4 nitrogen and oxygen atoms in total. The quantitative estimate of drug-likeness (QED) is 0.897. The monoisotopic (exact) mass is 271 g/mol. The fourth-order valence-electron chi connectivity index (χ4n) is 3.05. The molecule has 1 aromatic heterocycles. The number of phenols is 1. The molecule has 3 rings (SSSR count). The number of hydrogen-bond donors (Lipinski definition) is 2. The summed E-state index contributed by atoms with van der Waals surface area (Å²) in [6.07, 6.45) is 4.34. The van der Waals surface area contributed by atoms with Crippen molar-refractivity contribution in [2.24, 2.45) is 0 Å². The number of benzene rings is 1. The predicted octanol–water partition coefficient (Wildman–Crippen LogP) is 2.84. The molecular formula is C16H21N3O. The zero-order chi connectivity index (χ0) is 13.9. The number of phenolic OH excluding ortho intramolecular Hbond substituents is 1. The smallest absolute Gasteiger partial charge is 0.134 e. The number of hydrogen-bond acceptors (Lipinski definition) is 4. The van der Waals surface area contributed by atoms with E-state index in [1.54, 1.807) is 12.1 Å². The van der Waals surface area contributed by atoms with Crippen molar-refractivity contribution in [3.05, 3.63) is 30.5 Å². The van der Waals surface area contributed by atoms with Crippen LogP contribution in [-0.2, 0) is 0 Å². The molecule has 0 bridgehead atoms. The van der Waals surface area contributed by atoms with Gasteiger partial charge < -0.3 is 10.4 Å². The molecule has 20 heavy (non-hydrogen) atoms. The normalized spacial score (nSPS) is 19.6. The van der Waals surface area contributed by atoms with Crippen molar-refractivity contribution in [2.45, 2.75) is 25.8 Å². The number of likely N-dealkylation sites (N-methyl/N-ethyl adjacent to an activating group) is 1. The third-order valence-electron chi connectivity index (χ3n) is 4.16. The van der Waals surface area contributed by atoms with E-state index < -0.39 is 0 Å². The molecule has 1 aliphatic rings. The van der Waals surface area contributed by atoms with Crippen LogP contribution in [-0.4, -0.2) is 40.7 Å². The summed E-state index contributed by atoms with van der Waals surface area (Å²) < 4.78 is 0. The molecule has 2 aromatic rings. The van der Waals surface area contributed by atoms with Crippen LogP contribution in [0, 0.1) is 0 Å². The van der Waals surface area contributed by atoms with Gasteiger partial charge in [-0.1, -0.05) is 13.0 Å². The molecule has 4 heteroatoms. The van der Waals surface area contributed by atoms with Crippen LogP contribution >= 0.6 is 0 Å². The van der Waals surface area contributed by atoms with Crippen molar-refractivity contribution in [1.82, 2.24) is 9.88 Å². The van der Waals surface area contributed by atoms with E-state index in [9.17, 15) is 5.11 Å². The van der Waals surface area contributed by atoms with Crippen molar-refractivity contribution in [1.29, 1.82) is 0 Å². The number of anilines is 1. The molecule has 1 saturated heterocycles. The van der Waals surface area contributed by atoms with Gasteiger partial charge in [-0.25, -0.2) is 4.98 Å². The first-order valence-corrected chi connectivity index (χ1v) is 7.33. The minimum atomic E-state index is 0.282. The van der Waals surface area contributed by atoms with Gasteiger partial charge in [0, 0.05) is 24.2 Å². The predicted molar refractivity (Wildman–Crippen MR) is 82.2 cm³/mol. The standard InChI is InChI=1S/C16H21N3O/c1-2-19-9-3-4-13(19)11-18-16-15-10-14(20)6-5-12(15)7-8-17-16/h5-8,10,13,20H,2-4,9,11H2,1H3,(H,17,18). The molecule has 1 aliphatic heterocycles. The summed E-state index contributed by atoms with van der Waals surface area (Å²) in [5.41, 5.74) is 0. The highest BCUT2D eigenvalue weighted by molar-refractivity contribution is 5.92. The fraction of sp³-hybridized carbons (Fsp3) is 0.438. The van der Waals surface area contributed by atoms with E-state index in [1.165, 1.54) is 19.4 Å². The maximum Gasteiger partial charge on any atom is 0.134 e. The molecule has 1 aromatic carbocycles. The second-order valence-corrected chi connectivity index (χ2v) is 5.37. The molecule has 0 spiro atoms. The highest BCUT2D eigenvalue weighted by Gasteiger charge is 2.22. The number of aromatic hydroxyl groups is 1. The van der Waals surface area contributed by atoms with Gasteiger partial charge in [-0.3, -0.25) is 4.90 Å². The molecule has 1 atom stereocenters. The van der Waals surface area contributed by atoms with Gasteiger partial charge in [0.1, 0.15) is 11.6 Å². The second-order valence-electron chi connectivity index (χ2n) is 5.37. The zero-order valence-corrected chi connectivity index (χ0v) is 11.8. The van der Waals surface area contributed by atoms with Crippen molar-refractivity contribution in [3.63, 3.8) is 0 Å². The molecule has 1 unspecified atom stereocenters. The Hall–Kier alpha value is -1.81. The lowest BCUT2D eigenvalue weighted by Gasteiger charge is -2.23. The molecule has 2 N–H and O–H groups in total. The molecule has 0 aliphatic carbocycles. The van der Waals surface area contributed by atoms with E-state index in [2.05, 4.69) is 22.1 Å². The Morgan fingerprint density at radius 1 is 1.40 bits per heavy atom. The summed E-state index contributed by atoms with van der Waals surface area (Å²) in [7, 11) is 0. The van der Waals surface area contributed by atoms with Gasteiger partial charge >= 0.3 is 0 Å². The fourth-order valence-corrected chi connectivity index (χ4v) is 3.05. The summed E-state index contributed by atoms with van der Waals surface area (Å²) in [4.78, 5) is 6.93. The summed E-state index contributed by atoms with van der Waals surface area (Å²) in [6, 6.07) is 7.97. The third-order valence-corrected chi connectivity index (χ3v) is 4.16. The Morgan fingerprint density at radius 2 is 2.30 bits per heavy atom. The van der Waals surface area contributed by atoms with Crippen LogP contribution in [0.2, 0.25) is 0 Å². The number of rotatable bonds is 4. The number of likely N-dealkylation sites (tertiary alicyclic amines) is 1. The lowest BCUT2D eigenvalue weighted by molar-refractivity contribution is 0.277. The van der Waals surface area contributed by atoms with Gasteiger partial charge in [-0.05, 0) is 49.5 Å². The van der Waals surface area contributed by atoms with E-state index in [0.29, 0.717) is 6.04 Å². The van der Waals surface area contributed by atoms with Crippen LogP contribution in [0.15, 0.2) is 30.5 Å². The first-order valence-electron chi connectivity index (χ1n) is 7.33. The number of fused-ring (bicyclic) bond motifs is 1. The van der Waals surface area contributed by atoms with Gasteiger partial charge in [-0.2, -0.15) is 0 Å². The average molecular weight is 271 g/mol. The lowest BCUT2D eigenvalue weighted by Crippen LogP contribution is -2.34. The minimum Gasteiger partial charge on any atom is -0.508 e. The van der Waals surface area contributed by atoms with Gasteiger partial charge in [0.25, 0.3) is 0 Å². The van der Waals surface area contributed by atoms with Crippen molar-refractivity contribution >= 4 is 16.6 Å². The third kappa shape index (κ3) is 2.56.